The number of rotatable bonds is 10. The second-order valence-electron chi connectivity index (χ2n) is 4.01. The van der Waals surface area contributed by atoms with Crippen LogP contribution in [0.1, 0.15) is 40.0 Å². The minimum atomic E-state index is 0.296. The second kappa shape index (κ2) is 10.4. The number of ether oxygens (including phenoxy) is 2. The van der Waals surface area contributed by atoms with E-state index < -0.39 is 0 Å². The van der Waals surface area contributed by atoms with Crippen molar-refractivity contribution in [3.63, 3.8) is 0 Å². The molecule has 0 heterocycles. The van der Waals surface area contributed by atoms with Crippen LogP contribution in [0.3, 0.4) is 0 Å². The highest BCUT2D eigenvalue weighted by Crippen LogP contribution is 2.02. The van der Waals surface area contributed by atoms with Crippen LogP contribution in [-0.2, 0) is 9.47 Å². The van der Waals surface area contributed by atoms with Gasteiger partial charge in [-0.15, -0.1) is 0 Å². The lowest BCUT2D eigenvalue weighted by Gasteiger charge is -2.21. The predicted octanol–water partition coefficient (Wildman–Crippen LogP) is 2.21. The molecule has 0 fully saturated rings. The van der Waals surface area contributed by atoms with Crippen molar-refractivity contribution >= 4 is 0 Å². The highest BCUT2D eigenvalue weighted by atomic mass is 16.5. The van der Waals surface area contributed by atoms with Gasteiger partial charge >= 0.3 is 0 Å². The third-order valence-electron chi connectivity index (χ3n) is 2.37. The first-order chi connectivity index (χ1) is 7.24. The lowest BCUT2D eigenvalue weighted by Crippen LogP contribution is -2.37. The molecule has 3 heteroatoms. The van der Waals surface area contributed by atoms with Gasteiger partial charge in [0, 0.05) is 19.8 Å². The molecule has 0 aromatic rings. The van der Waals surface area contributed by atoms with E-state index in [9.17, 15) is 0 Å². The van der Waals surface area contributed by atoms with Gasteiger partial charge in [0.1, 0.15) is 0 Å². The Kier molecular flexibility index (Phi) is 10.3. The molecule has 0 bridgehead atoms. The van der Waals surface area contributed by atoms with Gasteiger partial charge in [0.25, 0.3) is 0 Å². The van der Waals surface area contributed by atoms with Crippen molar-refractivity contribution in [1.29, 1.82) is 0 Å². The Hall–Kier alpha value is -0.120. The molecule has 0 aliphatic rings. The molecule has 3 nitrogen and oxygen atoms in total. The Labute approximate surface area is 94.5 Å². The van der Waals surface area contributed by atoms with Crippen LogP contribution in [0, 0.1) is 0 Å². The summed E-state index contributed by atoms with van der Waals surface area (Å²) in [5.41, 5.74) is 0. The van der Waals surface area contributed by atoms with E-state index >= 15 is 0 Å². The molecule has 0 saturated carbocycles. The molecule has 2 atom stereocenters. The Balaban J connectivity index is 3.72. The zero-order chi connectivity index (χ0) is 11.5. The normalized spacial score (nSPS) is 15.2. The van der Waals surface area contributed by atoms with Gasteiger partial charge in [0.15, 0.2) is 0 Å². The highest BCUT2D eigenvalue weighted by Gasteiger charge is 2.11. The average molecular weight is 217 g/mol. The van der Waals surface area contributed by atoms with E-state index in [4.69, 9.17) is 9.47 Å². The van der Waals surface area contributed by atoms with E-state index in [0.29, 0.717) is 12.1 Å². The van der Waals surface area contributed by atoms with E-state index in [1.807, 2.05) is 0 Å². The fourth-order valence-corrected chi connectivity index (χ4v) is 1.43. The molecule has 0 amide bonds. The van der Waals surface area contributed by atoms with Gasteiger partial charge in [-0.05, 0) is 32.7 Å². The van der Waals surface area contributed by atoms with Gasteiger partial charge in [-0.25, -0.2) is 0 Å². The van der Waals surface area contributed by atoms with Crippen molar-refractivity contribution in [2.45, 2.75) is 52.2 Å². The number of methoxy groups -OCH3 is 1. The third kappa shape index (κ3) is 8.85. The first-order valence-corrected chi connectivity index (χ1v) is 6.08. The van der Waals surface area contributed by atoms with E-state index in [0.717, 1.165) is 39.0 Å². The van der Waals surface area contributed by atoms with E-state index in [1.54, 1.807) is 7.11 Å². The molecule has 0 rings (SSSR count). The van der Waals surface area contributed by atoms with Gasteiger partial charge in [0.2, 0.25) is 0 Å². The molecule has 0 spiro atoms. The monoisotopic (exact) mass is 217 g/mol. The molecule has 2 unspecified atom stereocenters. The summed E-state index contributed by atoms with van der Waals surface area (Å²) in [5, 5.41) is 3.49. The molecule has 0 aliphatic carbocycles. The molecule has 0 aromatic heterocycles. The van der Waals surface area contributed by atoms with E-state index in [2.05, 4.69) is 26.1 Å². The maximum Gasteiger partial charge on any atom is 0.0620 e. The molecule has 0 saturated heterocycles. The highest BCUT2D eigenvalue weighted by molar-refractivity contribution is 4.69. The van der Waals surface area contributed by atoms with E-state index in [-0.39, 0.29) is 0 Å². The summed E-state index contributed by atoms with van der Waals surface area (Å²) in [5.74, 6) is 0. The van der Waals surface area contributed by atoms with Crippen molar-refractivity contribution < 1.29 is 9.47 Å². The zero-order valence-electron chi connectivity index (χ0n) is 10.7. The van der Waals surface area contributed by atoms with Crippen LogP contribution in [0.4, 0.5) is 0 Å². The van der Waals surface area contributed by atoms with Gasteiger partial charge in [-0.3, -0.25) is 0 Å². The van der Waals surface area contributed by atoms with Crippen molar-refractivity contribution in [3.8, 4) is 0 Å². The minimum Gasteiger partial charge on any atom is -0.382 e. The zero-order valence-corrected chi connectivity index (χ0v) is 10.7. The summed E-state index contributed by atoms with van der Waals surface area (Å²) in [7, 11) is 1.76. The summed E-state index contributed by atoms with van der Waals surface area (Å²) in [6, 6.07) is 0.423. The Morgan fingerprint density at radius 2 is 1.93 bits per heavy atom. The Bertz CT molecular complexity index is 131. The van der Waals surface area contributed by atoms with Crippen LogP contribution in [0.2, 0.25) is 0 Å². The van der Waals surface area contributed by atoms with Crippen molar-refractivity contribution in [2.24, 2.45) is 0 Å². The molecule has 15 heavy (non-hydrogen) atoms. The second-order valence-corrected chi connectivity index (χ2v) is 4.01. The predicted molar refractivity (Wildman–Crippen MR) is 64.3 cm³/mol. The molecule has 0 radical (unpaired) electrons. The SMILES string of the molecule is CCCNC(COCCC)CC(C)OC. The van der Waals surface area contributed by atoms with Gasteiger partial charge in [-0.1, -0.05) is 13.8 Å². The Morgan fingerprint density at radius 1 is 1.20 bits per heavy atom. The standard InChI is InChI=1S/C12H27NO2/c1-5-7-13-12(9-11(3)14-4)10-15-8-6-2/h11-13H,5-10H2,1-4H3. The van der Waals surface area contributed by atoms with Crippen LogP contribution in [0.5, 0.6) is 0 Å². The molecule has 0 aromatic carbocycles. The molecule has 1 N–H and O–H groups in total. The van der Waals surface area contributed by atoms with Gasteiger partial charge < -0.3 is 14.8 Å². The van der Waals surface area contributed by atoms with Gasteiger partial charge in [0.05, 0.1) is 12.7 Å². The van der Waals surface area contributed by atoms with E-state index in [1.165, 1.54) is 0 Å². The number of hydrogen-bond donors (Lipinski definition) is 1. The quantitative estimate of drug-likeness (QED) is 0.569. The lowest BCUT2D eigenvalue weighted by atomic mass is 10.1. The van der Waals surface area contributed by atoms with Crippen LogP contribution >= 0.6 is 0 Å². The largest absolute Gasteiger partial charge is 0.382 e. The molecular formula is C12H27NO2. The third-order valence-corrected chi connectivity index (χ3v) is 2.37. The fourth-order valence-electron chi connectivity index (χ4n) is 1.43. The molecule has 92 valence electrons. The summed E-state index contributed by atoms with van der Waals surface area (Å²) < 4.78 is 10.8. The first-order valence-electron chi connectivity index (χ1n) is 6.08. The fraction of sp³-hybridized carbons (Fsp3) is 1.00. The maximum atomic E-state index is 5.57. The molecular weight excluding hydrogens is 190 g/mol. The summed E-state index contributed by atoms with van der Waals surface area (Å²) in [6.07, 6.45) is 3.55. The molecule has 0 aliphatic heterocycles. The summed E-state index contributed by atoms with van der Waals surface area (Å²) >= 11 is 0. The Morgan fingerprint density at radius 3 is 2.47 bits per heavy atom. The van der Waals surface area contributed by atoms with Gasteiger partial charge in [-0.2, -0.15) is 0 Å². The van der Waals surface area contributed by atoms with Crippen LogP contribution in [0.25, 0.3) is 0 Å². The number of hydrogen-bond acceptors (Lipinski definition) is 3. The summed E-state index contributed by atoms with van der Waals surface area (Å²) in [6.45, 7) is 9.10. The van der Waals surface area contributed by atoms with Crippen molar-refractivity contribution in [2.75, 3.05) is 26.9 Å². The van der Waals surface area contributed by atoms with Crippen LogP contribution in [-0.4, -0.2) is 39.0 Å². The maximum absolute atomic E-state index is 5.57. The average Bonchev–Trinajstić information content (AvgIpc) is 2.25. The number of nitrogens with one attached hydrogen (secondary N) is 1. The minimum absolute atomic E-state index is 0.296. The summed E-state index contributed by atoms with van der Waals surface area (Å²) in [4.78, 5) is 0. The van der Waals surface area contributed by atoms with Crippen molar-refractivity contribution in [1.82, 2.24) is 5.32 Å². The smallest absolute Gasteiger partial charge is 0.0620 e. The van der Waals surface area contributed by atoms with Crippen molar-refractivity contribution in [3.05, 3.63) is 0 Å². The first kappa shape index (κ1) is 14.9. The topological polar surface area (TPSA) is 30.5 Å². The lowest BCUT2D eigenvalue weighted by molar-refractivity contribution is 0.0660. The van der Waals surface area contributed by atoms with Crippen LogP contribution < -0.4 is 5.32 Å². The van der Waals surface area contributed by atoms with Crippen LogP contribution in [0.15, 0.2) is 0 Å².